The SMILES string of the molecule is C=C(CN1CCC(CNC2=C(C(C)=N)CC(C(F)(F)F)C=C2)=C(O)C2(CCCC2)N1C)/C(F)=C(F)\C(=C/C)NCCCC. The smallest absolute Gasteiger partial charge is 0.395 e. The molecule has 0 aromatic rings. The Bertz CT molecular complexity index is 1210. The summed E-state index contributed by atoms with van der Waals surface area (Å²) in [4.78, 5) is 0. The third-order valence-electron chi connectivity index (χ3n) is 8.78. The van der Waals surface area contributed by atoms with Gasteiger partial charge in [0.2, 0.25) is 0 Å². The summed E-state index contributed by atoms with van der Waals surface area (Å²) in [5.41, 5.74) is 0.814. The molecule has 1 heterocycles. The van der Waals surface area contributed by atoms with Crippen molar-refractivity contribution in [2.75, 3.05) is 33.2 Å². The molecule has 2 aliphatic carbocycles. The highest BCUT2D eigenvalue weighted by Crippen LogP contribution is 2.44. The van der Waals surface area contributed by atoms with Gasteiger partial charge in [-0.3, -0.25) is 0 Å². The van der Waals surface area contributed by atoms with Crippen LogP contribution in [0.5, 0.6) is 0 Å². The predicted molar refractivity (Wildman–Crippen MR) is 162 cm³/mol. The number of unbranched alkanes of at least 4 members (excludes halogenated alkanes) is 1. The summed E-state index contributed by atoms with van der Waals surface area (Å²) in [6.45, 7) is 10.1. The molecule has 4 N–H and O–H groups in total. The first-order valence-corrected chi connectivity index (χ1v) is 15.1. The molecule has 0 bridgehead atoms. The number of hydrazine groups is 1. The number of hydrogen-bond acceptors (Lipinski definition) is 6. The van der Waals surface area contributed by atoms with Gasteiger partial charge in [-0.1, -0.05) is 44.9 Å². The van der Waals surface area contributed by atoms with Gasteiger partial charge in [0.15, 0.2) is 11.7 Å². The molecule has 0 aromatic carbocycles. The molecular weight excluding hydrogens is 565 g/mol. The lowest BCUT2D eigenvalue weighted by molar-refractivity contribution is -0.160. The van der Waals surface area contributed by atoms with Gasteiger partial charge in [-0.15, -0.1) is 0 Å². The van der Waals surface area contributed by atoms with Gasteiger partial charge in [0.25, 0.3) is 0 Å². The van der Waals surface area contributed by atoms with Crippen molar-refractivity contribution in [3.05, 3.63) is 70.3 Å². The zero-order valence-corrected chi connectivity index (χ0v) is 25.7. The Kier molecular flexibility index (Phi) is 11.8. The molecule has 3 rings (SSSR count). The average Bonchev–Trinajstić information content (AvgIpc) is 3.45. The summed E-state index contributed by atoms with van der Waals surface area (Å²) in [5, 5.41) is 29.6. The highest BCUT2D eigenvalue weighted by atomic mass is 19.4. The number of alkyl halides is 3. The zero-order valence-electron chi connectivity index (χ0n) is 25.7. The van der Waals surface area contributed by atoms with Crippen molar-refractivity contribution in [2.45, 2.75) is 83.9 Å². The first kappa shape index (κ1) is 34.6. The van der Waals surface area contributed by atoms with E-state index >= 15 is 8.78 Å². The Balaban J connectivity index is 1.81. The monoisotopic (exact) mass is 611 g/mol. The topological polar surface area (TPSA) is 74.6 Å². The summed E-state index contributed by atoms with van der Waals surface area (Å²) in [5.74, 6) is -3.45. The van der Waals surface area contributed by atoms with Crippen molar-refractivity contribution >= 4 is 5.71 Å². The summed E-state index contributed by atoms with van der Waals surface area (Å²) in [6, 6.07) is 0. The van der Waals surface area contributed by atoms with E-state index in [0.717, 1.165) is 31.8 Å². The fraction of sp³-hybridized carbons (Fsp3) is 0.594. The molecule has 43 heavy (non-hydrogen) atoms. The molecule has 1 unspecified atom stereocenters. The van der Waals surface area contributed by atoms with Crippen molar-refractivity contribution < 1.29 is 27.1 Å². The van der Waals surface area contributed by atoms with Crippen LogP contribution in [0.15, 0.2) is 70.3 Å². The maximum absolute atomic E-state index is 15.3. The Morgan fingerprint density at radius 2 is 1.91 bits per heavy atom. The van der Waals surface area contributed by atoms with E-state index < -0.39 is 29.3 Å². The lowest BCUT2D eigenvalue weighted by atomic mass is 9.89. The van der Waals surface area contributed by atoms with Crippen LogP contribution in [-0.4, -0.2) is 65.8 Å². The number of nitrogens with zero attached hydrogens (tertiary/aromatic N) is 2. The quantitative estimate of drug-likeness (QED) is 0.0789. The lowest BCUT2D eigenvalue weighted by Gasteiger charge is -2.43. The highest BCUT2D eigenvalue weighted by Gasteiger charge is 2.47. The fourth-order valence-corrected chi connectivity index (χ4v) is 6.09. The molecule has 0 aromatic heterocycles. The van der Waals surface area contributed by atoms with E-state index in [1.54, 1.807) is 6.92 Å². The molecule has 1 saturated carbocycles. The molecular formula is C32H46F5N5O. The van der Waals surface area contributed by atoms with Crippen LogP contribution in [0.2, 0.25) is 0 Å². The lowest BCUT2D eigenvalue weighted by Crippen LogP contribution is -2.54. The second-order valence-corrected chi connectivity index (χ2v) is 11.6. The predicted octanol–water partition coefficient (Wildman–Crippen LogP) is 7.69. The van der Waals surface area contributed by atoms with E-state index in [4.69, 9.17) is 5.41 Å². The number of halogens is 5. The Morgan fingerprint density at radius 1 is 1.23 bits per heavy atom. The first-order valence-electron chi connectivity index (χ1n) is 15.1. The molecule has 6 nitrogen and oxygen atoms in total. The van der Waals surface area contributed by atoms with E-state index in [-0.39, 0.29) is 47.8 Å². The minimum atomic E-state index is -4.39. The number of hydrogen-bond donors (Lipinski definition) is 4. The number of nitrogens with one attached hydrogen (secondary N) is 3. The van der Waals surface area contributed by atoms with Gasteiger partial charge in [0, 0.05) is 44.6 Å². The van der Waals surface area contributed by atoms with E-state index in [1.165, 1.54) is 19.1 Å². The zero-order chi connectivity index (χ0) is 31.9. The van der Waals surface area contributed by atoms with Crippen molar-refractivity contribution in [3.63, 3.8) is 0 Å². The number of aliphatic hydroxyl groups excluding tert-OH is 1. The van der Waals surface area contributed by atoms with Gasteiger partial charge < -0.3 is 21.1 Å². The Labute approximate surface area is 252 Å². The van der Waals surface area contributed by atoms with Crippen LogP contribution >= 0.6 is 0 Å². The molecule has 240 valence electrons. The van der Waals surface area contributed by atoms with Gasteiger partial charge in [-0.2, -0.15) is 13.2 Å². The second-order valence-electron chi connectivity index (χ2n) is 11.6. The fourth-order valence-electron chi connectivity index (χ4n) is 6.09. The van der Waals surface area contributed by atoms with Crippen LogP contribution in [0.3, 0.4) is 0 Å². The van der Waals surface area contributed by atoms with E-state index in [0.29, 0.717) is 43.6 Å². The Morgan fingerprint density at radius 3 is 2.49 bits per heavy atom. The van der Waals surface area contributed by atoms with Crippen molar-refractivity contribution in [3.8, 4) is 0 Å². The number of rotatable bonds is 12. The van der Waals surface area contributed by atoms with E-state index in [1.807, 2.05) is 24.0 Å². The van der Waals surface area contributed by atoms with Crippen LogP contribution in [0, 0.1) is 11.3 Å². The molecule has 0 saturated heterocycles. The molecule has 3 aliphatic rings. The van der Waals surface area contributed by atoms with Crippen LogP contribution in [0.25, 0.3) is 0 Å². The Hall–Kier alpha value is -2.92. The van der Waals surface area contributed by atoms with Crippen molar-refractivity contribution in [2.24, 2.45) is 5.92 Å². The molecule has 0 amide bonds. The molecule has 1 spiro atoms. The number of allylic oxidation sites excluding steroid dienone is 5. The minimum absolute atomic E-state index is 0.0152. The van der Waals surface area contributed by atoms with Crippen LogP contribution in [0.4, 0.5) is 22.0 Å². The van der Waals surface area contributed by atoms with Gasteiger partial charge in [-0.25, -0.2) is 18.8 Å². The summed E-state index contributed by atoms with van der Waals surface area (Å²) in [6.07, 6.45) is 4.50. The summed E-state index contributed by atoms with van der Waals surface area (Å²) >= 11 is 0. The maximum atomic E-state index is 15.3. The normalized spacial score (nSPS) is 22.6. The van der Waals surface area contributed by atoms with Gasteiger partial charge in [-0.05, 0) is 68.7 Å². The average molecular weight is 612 g/mol. The summed E-state index contributed by atoms with van der Waals surface area (Å²) in [7, 11) is 1.84. The van der Waals surface area contributed by atoms with Crippen LogP contribution in [-0.2, 0) is 0 Å². The largest absolute Gasteiger partial charge is 0.510 e. The standard InChI is InChI=1S/C32H46F5N5O/c1-6-8-16-39-26(7-2)29(34)28(33)21(3)20-42-17-13-23(30(43)31(41(42)5)14-9-10-15-31)19-40-27-12-11-24(32(35,36)37)18-25(27)22(4)38/h7,11-12,24,38-40,43H,3,6,8-10,13-20H2,1-2,4-5H3/b26-7+,29-28-,38-22?. The second kappa shape index (κ2) is 14.7. The first-order chi connectivity index (χ1) is 20.3. The highest BCUT2D eigenvalue weighted by molar-refractivity contribution is 5.97. The number of likely N-dealkylation sites (N-methyl/N-ethyl adjacent to an activating group) is 1. The van der Waals surface area contributed by atoms with Crippen molar-refractivity contribution in [1.82, 2.24) is 20.7 Å². The maximum Gasteiger partial charge on any atom is 0.395 e. The third kappa shape index (κ3) is 7.98. The van der Waals surface area contributed by atoms with E-state index in [9.17, 15) is 18.3 Å². The van der Waals surface area contributed by atoms with Gasteiger partial charge in [0.05, 0.1) is 17.2 Å². The molecule has 1 fully saturated rings. The molecule has 1 aliphatic heterocycles. The van der Waals surface area contributed by atoms with Crippen LogP contribution in [0.1, 0.15) is 72.1 Å². The molecule has 0 radical (unpaired) electrons. The molecule has 1 atom stereocenters. The minimum Gasteiger partial charge on any atom is -0.510 e. The summed E-state index contributed by atoms with van der Waals surface area (Å²) < 4.78 is 70.4. The third-order valence-corrected chi connectivity index (χ3v) is 8.78. The molecule has 11 heteroatoms. The van der Waals surface area contributed by atoms with Gasteiger partial charge >= 0.3 is 6.18 Å². The van der Waals surface area contributed by atoms with Crippen LogP contribution < -0.4 is 10.6 Å². The number of aliphatic hydroxyl groups is 1. The van der Waals surface area contributed by atoms with Gasteiger partial charge in [0.1, 0.15) is 5.76 Å². The van der Waals surface area contributed by atoms with Crippen molar-refractivity contribution in [1.29, 1.82) is 5.41 Å². The van der Waals surface area contributed by atoms with E-state index in [2.05, 4.69) is 17.2 Å².